The number of benzene rings is 2. The molecule has 1 aliphatic rings. The first-order valence-electron chi connectivity index (χ1n) is 10.9. The van der Waals surface area contributed by atoms with Gasteiger partial charge in [0.2, 0.25) is 5.91 Å². The van der Waals surface area contributed by atoms with E-state index in [0.717, 1.165) is 53.6 Å². The summed E-state index contributed by atoms with van der Waals surface area (Å²) in [6.45, 7) is 4.04. The molecule has 1 amide bonds. The maximum atomic E-state index is 12.8. The Hall–Kier alpha value is -3.61. The van der Waals surface area contributed by atoms with Crippen LogP contribution < -0.4 is 19.7 Å². The van der Waals surface area contributed by atoms with Gasteiger partial charge in [0.25, 0.3) is 0 Å². The molecule has 0 spiro atoms. The van der Waals surface area contributed by atoms with Crippen molar-refractivity contribution in [2.75, 3.05) is 37.0 Å². The number of anilines is 2. The number of amides is 1. The van der Waals surface area contributed by atoms with Gasteiger partial charge >= 0.3 is 0 Å². The summed E-state index contributed by atoms with van der Waals surface area (Å²) in [6.07, 6.45) is 1.78. The van der Waals surface area contributed by atoms with Crippen LogP contribution in [-0.4, -0.2) is 42.9 Å². The number of ether oxygens (including phenoxy) is 2. The van der Waals surface area contributed by atoms with E-state index in [1.807, 2.05) is 67.6 Å². The average molecular weight is 433 g/mol. The largest absolute Gasteiger partial charge is 0.496 e. The minimum absolute atomic E-state index is 0.0254. The molecule has 2 heterocycles. The van der Waals surface area contributed by atoms with Crippen LogP contribution >= 0.6 is 0 Å². The van der Waals surface area contributed by atoms with Crippen LogP contribution in [0.3, 0.4) is 0 Å². The van der Waals surface area contributed by atoms with Crippen LogP contribution in [0.15, 0.2) is 60.7 Å². The van der Waals surface area contributed by atoms with Crippen molar-refractivity contribution >= 4 is 17.4 Å². The van der Waals surface area contributed by atoms with E-state index in [9.17, 15) is 4.79 Å². The van der Waals surface area contributed by atoms with Gasteiger partial charge in [-0.3, -0.25) is 4.79 Å². The molecule has 0 aliphatic carbocycles. The quantitative estimate of drug-likeness (QED) is 0.596. The lowest BCUT2D eigenvalue weighted by Crippen LogP contribution is -2.41. The van der Waals surface area contributed by atoms with Crippen molar-refractivity contribution in [2.45, 2.75) is 19.8 Å². The summed E-state index contributed by atoms with van der Waals surface area (Å²) in [5, 5.41) is 11.9. The summed E-state index contributed by atoms with van der Waals surface area (Å²) in [7, 11) is 1.65. The molecule has 7 nitrogen and oxygen atoms in total. The number of methoxy groups -OCH3 is 1. The fourth-order valence-electron chi connectivity index (χ4n) is 3.94. The van der Waals surface area contributed by atoms with Gasteiger partial charge in [-0.1, -0.05) is 12.1 Å². The molecular weight excluding hydrogens is 404 g/mol. The smallest absolute Gasteiger partial charge is 0.229 e. The highest BCUT2D eigenvalue weighted by atomic mass is 16.5. The van der Waals surface area contributed by atoms with Crippen molar-refractivity contribution in [2.24, 2.45) is 5.92 Å². The van der Waals surface area contributed by atoms with E-state index in [-0.39, 0.29) is 11.8 Å². The third-order valence-corrected chi connectivity index (χ3v) is 5.58. The van der Waals surface area contributed by atoms with Gasteiger partial charge in [-0.15, -0.1) is 10.2 Å². The number of hydrogen-bond donors (Lipinski definition) is 1. The van der Waals surface area contributed by atoms with Gasteiger partial charge in [0.15, 0.2) is 5.82 Å². The molecule has 4 rings (SSSR count). The monoisotopic (exact) mass is 432 g/mol. The predicted octanol–water partition coefficient (Wildman–Crippen LogP) is 4.41. The van der Waals surface area contributed by atoms with Crippen LogP contribution in [0.5, 0.6) is 11.5 Å². The van der Waals surface area contributed by atoms with E-state index < -0.39 is 0 Å². The molecule has 1 saturated heterocycles. The summed E-state index contributed by atoms with van der Waals surface area (Å²) in [6, 6.07) is 19.1. The number of nitrogens with one attached hydrogen (secondary N) is 1. The van der Waals surface area contributed by atoms with E-state index in [0.29, 0.717) is 13.2 Å². The Balaban J connectivity index is 1.40. The van der Waals surface area contributed by atoms with E-state index in [2.05, 4.69) is 20.4 Å². The van der Waals surface area contributed by atoms with Crippen molar-refractivity contribution in [3.63, 3.8) is 0 Å². The number of para-hydroxylation sites is 1. The molecular formula is C25H28N4O3. The third-order valence-electron chi connectivity index (χ3n) is 5.58. The maximum Gasteiger partial charge on any atom is 0.229 e. The normalized spacial score (nSPS) is 15.8. The number of nitrogens with zero attached hydrogens (tertiary/aromatic N) is 3. The number of rotatable bonds is 7. The zero-order chi connectivity index (χ0) is 22.3. The molecule has 0 bridgehead atoms. The molecule has 0 saturated carbocycles. The minimum atomic E-state index is -0.106. The number of piperidine rings is 1. The second-order valence-electron chi connectivity index (χ2n) is 7.71. The van der Waals surface area contributed by atoms with Gasteiger partial charge in [-0.25, -0.2) is 0 Å². The molecule has 32 heavy (non-hydrogen) atoms. The topological polar surface area (TPSA) is 76.6 Å². The van der Waals surface area contributed by atoms with Crippen molar-refractivity contribution in [1.82, 2.24) is 10.2 Å². The zero-order valence-electron chi connectivity index (χ0n) is 18.5. The molecule has 1 atom stereocenters. The third kappa shape index (κ3) is 4.99. The molecule has 3 aromatic rings. The highest BCUT2D eigenvalue weighted by Gasteiger charge is 2.27. The number of carbonyl (C=O) groups is 1. The second kappa shape index (κ2) is 10.1. The van der Waals surface area contributed by atoms with E-state index in [1.54, 1.807) is 7.11 Å². The fraction of sp³-hybridized carbons (Fsp3) is 0.320. The Labute approximate surface area is 188 Å². The van der Waals surface area contributed by atoms with Crippen LogP contribution in [0.1, 0.15) is 19.8 Å². The van der Waals surface area contributed by atoms with Crippen LogP contribution in [-0.2, 0) is 4.79 Å². The van der Waals surface area contributed by atoms with Crippen LogP contribution in [0, 0.1) is 5.92 Å². The van der Waals surface area contributed by atoms with Crippen molar-refractivity contribution in [3.05, 3.63) is 60.7 Å². The van der Waals surface area contributed by atoms with E-state index in [4.69, 9.17) is 9.47 Å². The summed E-state index contributed by atoms with van der Waals surface area (Å²) in [5.41, 5.74) is 2.44. The Bertz CT molecular complexity index is 1040. The molecule has 1 N–H and O–H groups in total. The first kappa shape index (κ1) is 21.6. The predicted molar refractivity (Wildman–Crippen MR) is 125 cm³/mol. The summed E-state index contributed by atoms with van der Waals surface area (Å²) >= 11 is 0. The molecule has 2 aromatic carbocycles. The molecule has 166 valence electrons. The van der Waals surface area contributed by atoms with Crippen LogP contribution in [0.25, 0.3) is 11.3 Å². The van der Waals surface area contributed by atoms with E-state index >= 15 is 0 Å². The second-order valence-corrected chi connectivity index (χ2v) is 7.71. The Morgan fingerprint density at radius 3 is 2.62 bits per heavy atom. The molecule has 1 aromatic heterocycles. The lowest BCUT2D eigenvalue weighted by molar-refractivity contribution is -0.120. The summed E-state index contributed by atoms with van der Waals surface area (Å²) in [5.74, 6) is 2.26. The Kier molecular flexibility index (Phi) is 6.84. The standard InChI is InChI=1S/C25H28N4O3/c1-3-32-20-12-10-19(11-13-20)26-25(30)18-7-6-16-29(17-18)24-15-14-22(27-28-24)21-8-4-5-9-23(21)31-2/h4-5,8-15,18H,3,6-7,16-17H2,1-2H3,(H,26,30). The highest BCUT2D eigenvalue weighted by molar-refractivity contribution is 5.93. The highest BCUT2D eigenvalue weighted by Crippen LogP contribution is 2.29. The number of hydrogen-bond acceptors (Lipinski definition) is 6. The number of carbonyl (C=O) groups excluding carboxylic acids is 1. The first-order valence-corrected chi connectivity index (χ1v) is 10.9. The van der Waals surface area contributed by atoms with Gasteiger partial charge in [-0.2, -0.15) is 0 Å². The molecule has 1 aliphatic heterocycles. The van der Waals surface area contributed by atoms with Gasteiger partial charge < -0.3 is 19.7 Å². The van der Waals surface area contributed by atoms with Crippen LogP contribution in [0.2, 0.25) is 0 Å². The first-order chi connectivity index (χ1) is 15.7. The van der Waals surface area contributed by atoms with E-state index in [1.165, 1.54) is 0 Å². The number of aromatic nitrogens is 2. The molecule has 7 heteroatoms. The van der Waals surface area contributed by atoms with Gasteiger partial charge in [-0.05, 0) is 68.3 Å². The van der Waals surface area contributed by atoms with Crippen molar-refractivity contribution in [1.29, 1.82) is 0 Å². The SMILES string of the molecule is CCOc1ccc(NC(=O)C2CCCN(c3ccc(-c4ccccc4OC)nn3)C2)cc1. The van der Waals surface area contributed by atoms with Crippen LogP contribution in [0.4, 0.5) is 11.5 Å². The Morgan fingerprint density at radius 2 is 1.91 bits per heavy atom. The lowest BCUT2D eigenvalue weighted by Gasteiger charge is -2.32. The van der Waals surface area contributed by atoms with Gasteiger partial charge in [0.1, 0.15) is 11.5 Å². The Morgan fingerprint density at radius 1 is 1.09 bits per heavy atom. The zero-order valence-corrected chi connectivity index (χ0v) is 18.5. The van der Waals surface area contributed by atoms with Gasteiger partial charge in [0.05, 0.1) is 25.3 Å². The molecule has 1 fully saturated rings. The maximum absolute atomic E-state index is 12.8. The lowest BCUT2D eigenvalue weighted by atomic mass is 9.97. The fourth-order valence-corrected chi connectivity index (χ4v) is 3.94. The molecule has 0 radical (unpaired) electrons. The molecule has 1 unspecified atom stereocenters. The van der Waals surface area contributed by atoms with Crippen molar-refractivity contribution < 1.29 is 14.3 Å². The average Bonchev–Trinajstić information content (AvgIpc) is 2.85. The van der Waals surface area contributed by atoms with Gasteiger partial charge in [0, 0.05) is 24.3 Å². The summed E-state index contributed by atoms with van der Waals surface area (Å²) < 4.78 is 10.9. The minimum Gasteiger partial charge on any atom is -0.496 e. The van der Waals surface area contributed by atoms with Crippen molar-refractivity contribution in [3.8, 4) is 22.8 Å². The summed E-state index contributed by atoms with van der Waals surface area (Å²) in [4.78, 5) is 15.0.